The van der Waals surface area contributed by atoms with Crippen molar-refractivity contribution in [1.29, 1.82) is 0 Å². The first kappa shape index (κ1) is 14.1. The van der Waals surface area contributed by atoms with Gasteiger partial charge in [-0.1, -0.05) is 24.3 Å². The molecule has 1 aromatic rings. The second-order valence-corrected chi connectivity index (χ2v) is 5.83. The lowest BCUT2D eigenvalue weighted by Crippen LogP contribution is -2.51. The lowest BCUT2D eigenvalue weighted by molar-refractivity contribution is -0.140. The predicted molar refractivity (Wildman–Crippen MR) is 77.8 cm³/mol. The summed E-state index contributed by atoms with van der Waals surface area (Å²) < 4.78 is 0. The van der Waals surface area contributed by atoms with Gasteiger partial charge in [-0.05, 0) is 30.4 Å². The lowest BCUT2D eigenvalue weighted by atomic mass is 9.95. The van der Waals surface area contributed by atoms with Crippen LogP contribution in [0.1, 0.15) is 30.4 Å². The summed E-state index contributed by atoms with van der Waals surface area (Å²) in [5.74, 6) is -0.782. The number of carboxylic acids is 1. The molecule has 1 amide bonds. The van der Waals surface area contributed by atoms with E-state index < -0.39 is 5.97 Å². The fraction of sp³-hybridized carbons (Fsp3) is 0.500. The number of rotatable bonds is 3. The zero-order valence-corrected chi connectivity index (χ0v) is 11.9. The minimum Gasteiger partial charge on any atom is -0.481 e. The molecule has 1 fully saturated rings. The topological polar surface area (TPSA) is 69.6 Å². The molecule has 0 aliphatic carbocycles. The Morgan fingerprint density at radius 3 is 2.81 bits per heavy atom. The van der Waals surface area contributed by atoms with Crippen molar-refractivity contribution in [1.82, 2.24) is 10.2 Å². The van der Waals surface area contributed by atoms with E-state index in [1.165, 1.54) is 11.1 Å². The van der Waals surface area contributed by atoms with Gasteiger partial charge < -0.3 is 15.3 Å². The van der Waals surface area contributed by atoms with Crippen molar-refractivity contribution >= 4 is 11.9 Å². The number of carbonyl (C=O) groups excluding carboxylic acids is 1. The number of nitrogens with zero attached hydrogens (tertiary/aromatic N) is 1. The number of likely N-dealkylation sites (tertiary alicyclic amines) is 1. The van der Waals surface area contributed by atoms with Gasteiger partial charge in [0.05, 0.1) is 12.5 Å². The maximum Gasteiger partial charge on any atom is 0.305 e. The second kappa shape index (κ2) is 5.85. The molecular weight excluding hydrogens is 268 g/mol. The van der Waals surface area contributed by atoms with Gasteiger partial charge in [0, 0.05) is 19.1 Å². The van der Waals surface area contributed by atoms with Gasteiger partial charge in [0.2, 0.25) is 5.91 Å². The summed E-state index contributed by atoms with van der Waals surface area (Å²) in [6, 6.07) is 7.77. The largest absolute Gasteiger partial charge is 0.481 e. The molecule has 1 unspecified atom stereocenters. The molecule has 2 aliphatic rings. The van der Waals surface area contributed by atoms with Gasteiger partial charge in [-0.15, -0.1) is 0 Å². The van der Waals surface area contributed by atoms with Crippen molar-refractivity contribution in [2.45, 2.75) is 44.3 Å². The van der Waals surface area contributed by atoms with Crippen LogP contribution >= 0.6 is 0 Å². The van der Waals surface area contributed by atoms with Gasteiger partial charge in [0.15, 0.2) is 0 Å². The van der Waals surface area contributed by atoms with E-state index in [0.29, 0.717) is 19.5 Å². The fourth-order valence-electron chi connectivity index (χ4n) is 3.37. The zero-order chi connectivity index (χ0) is 14.8. The number of hydrogen-bond donors (Lipinski definition) is 2. The highest BCUT2D eigenvalue weighted by atomic mass is 16.4. The molecule has 0 saturated carbocycles. The van der Waals surface area contributed by atoms with Crippen LogP contribution in [0.5, 0.6) is 0 Å². The van der Waals surface area contributed by atoms with E-state index in [1.807, 2.05) is 12.1 Å². The molecule has 1 saturated heterocycles. The highest BCUT2D eigenvalue weighted by Crippen LogP contribution is 2.24. The van der Waals surface area contributed by atoms with E-state index in [0.717, 1.165) is 12.8 Å². The first-order chi connectivity index (χ1) is 10.1. The van der Waals surface area contributed by atoms with Gasteiger partial charge in [-0.2, -0.15) is 0 Å². The molecule has 1 aromatic carbocycles. The third-order valence-electron chi connectivity index (χ3n) is 4.45. The van der Waals surface area contributed by atoms with Crippen LogP contribution in [-0.4, -0.2) is 40.5 Å². The summed E-state index contributed by atoms with van der Waals surface area (Å²) in [4.78, 5) is 25.3. The van der Waals surface area contributed by atoms with E-state index in [1.54, 1.807) is 4.90 Å². The van der Waals surface area contributed by atoms with Crippen LogP contribution in [0.25, 0.3) is 0 Å². The number of hydrogen-bond acceptors (Lipinski definition) is 3. The summed E-state index contributed by atoms with van der Waals surface area (Å²) >= 11 is 0. The number of aliphatic carboxylic acids is 1. The van der Waals surface area contributed by atoms with Crippen molar-refractivity contribution < 1.29 is 14.7 Å². The number of nitrogens with one attached hydrogen (secondary N) is 1. The number of benzene rings is 1. The zero-order valence-electron chi connectivity index (χ0n) is 11.9. The van der Waals surface area contributed by atoms with Gasteiger partial charge >= 0.3 is 5.97 Å². The molecule has 5 heteroatoms. The maximum atomic E-state index is 12.7. The summed E-state index contributed by atoms with van der Waals surface area (Å²) in [7, 11) is 0. The normalized spacial score (nSPS) is 24.7. The van der Waals surface area contributed by atoms with Gasteiger partial charge in [0.25, 0.3) is 0 Å². The molecule has 0 radical (unpaired) electrons. The maximum absolute atomic E-state index is 12.7. The highest BCUT2D eigenvalue weighted by Gasteiger charge is 2.35. The molecule has 0 spiro atoms. The third-order valence-corrected chi connectivity index (χ3v) is 4.45. The average Bonchev–Trinajstić information content (AvgIpc) is 2.93. The Labute approximate surface area is 123 Å². The molecule has 2 N–H and O–H groups in total. The van der Waals surface area contributed by atoms with Crippen LogP contribution in [0, 0.1) is 0 Å². The van der Waals surface area contributed by atoms with Crippen molar-refractivity contribution in [3.63, 3.8) is 0 Å². The molecule has 0 bridgehead atoms. The van der Waals surface area contributed by atoms with E-state index >= 15 is 0 Å². The van der Waals surface area contributed by atoms with Crippen LogP contribution in [-0.2, 0) is 22.6 Å². The number of amides is 1. The third kappa shape index (κ3) is 2.93. The van der Waals surface area contributed by atoms with Crippen molar-refractivity contribution in [2.75, 3.05) is 6.54 Å². The molecule has 3 rings (SSSR count). The monoisotopic (exact) mass is 288 g/mol. The summed E-state index contributed by atoms with van der Waals surface area (Å²) in [5, 5.41) is 12.2. The lowest BCUT2D eigenvalue weighted by Gasteiger charge is -2.31. The van der Waals surface area contributed by atoms with Crippen LogP contribution in [0.15, 0.2) is 24.3 Å². The van der Waals surface area contributed by atoms with Crippen LogP contribution < -0.4 is 5.32 Å². The number of carbonyl (C=O) groups is 2. The van der Waals surface area contributed by atoms with E-state index in [4.69, 9.17) is 5.11 Å². The summed E-state index contributed by atoms with van der Waals surface area (Å²) in [6.45, 7) is 1.38. The standard InChI is InChI=1S/C16H20N2O3/c19-15(20)9-13-6-3-7-18(13)16(21)14-8-11-4-1-2-5-12(11)10-17-14/h1-2,4-5,13-14,17H,3,6-10H2,(H,19,20)/t13?,14-/m0/s1. The van der Waals surface area contributed by atoms with Gasteiger partial charge in [-0.3, -0.25) is 9.59 Å². The van der Waals surface area contributed by atoms with Gasteiger partial charge in [-0.25, -0.2) is 0 Å². The molecule has 2 aliphatic heterocycles. The minimum atomic E-state index is -0.832. The smallest absolute Gasteiger partial charge is 0.305 e. The fourth-order valence-corrected chi connectivity index (χ4v) is 3.37. The Morgan fingerprint density at radius 2 is 2.05 bits per heavy atom. The molecule has 2 atom stereocenters. The van der Waals surface area contributed by atoms with Crippen LogP contribution in [0.2, 0.25) is 0 Å². The van der Waals surface area contributed by atoms with Crippen molar-refractivity contribution in [3.8, 4) is 0 Å². The molecule has 5 nitrogen and oxygen atoms in total. The van der Waals surface area contributed by atoms with Crippen molar-refractivity contribution in [3.05, 3.63) is 35.4 Å². The first-order valence-electron chi connectivity index (χ1n) is 7.47. The SMILES string of the molecule is O=C(O)CC1CCCN1C(=O)[C@@H]1Cc2ccccc2CN1. The van der Waals surface area contributed by atoms with Crippen LogP contribution in [0.3, 0.4) is 0 Å². The Morgan fingerprint density at radius 1 is 1.29 bits per heavy atom. The second-order valence-electron chi connectivity index (χ2n) is 5.83. The molecule has 0 aromatic heterocycles. The molecule has 21 heavy (non-hydrogen) atoms. The van der Waals surface area contributed by atoms with E-state index in [-0.39, 0.29) is 24.4 Å². The Bertz CT molecular complexity index is 558. The molecule has 2 heterocycles. The summed E-state index contributed by atoms with van der Waals surface area (Å²) in [5.41, 5.74) is 2.45. The number of fused-ring (bicyclic) bond motifs is 1. The first-order valence-corrected chi connectivity index (χ1v) is 7.47. The minimum absolute atomic E-state index is 0.0493. The highest BCUT2D eigenvalue weighted by molar-refractivity contribution is 5.83. The summed E-state index contributed by atoms with van der Waals surface area (Å²) in [6.07, 6.45) is 2.43. The van der Waals surface area contributed by atoms with Gasteiger partial charge in [0.1, 0.15) is 0 Å². The Kier molecular flexibility index (Phi) is 3.92. The Hall–Kier alpha value is -1.88. The molecular formula is C16H20N2O3. The predicted octanol–water partition coefficient (Wildman–Crippen LogP) is 1.17. The quantitative estimate of drug-likeness (QED) is 0.876. The number of carboxylic acid groups (broad SMARTS) is 1. The molecule has 112 valence electrons. The Balaban J connectivity index is 1.70. The van der Waals surface area contributed by atoms with Crippen molar-refractivity contribution in [2.24, 2.45) is 0 Å². The van der Waals surface area contributed by atoms with E-state index in [2.05, 4.69) is 17.4 Å². The average molecular weight is 288 g/mol. The van der Waals surface area contributed by atoms with E-state index in [9.17, 15) is 9.59 Å². The van der Waals surface area contributed by atoms with Crippen LogP contribution in [0.4, 0.5) is 0 Å².